The number of benzene rings is 1. The molecule has 0 spiro atoms. The second kappa shape index (κ2) is 5.30. The van der Waals surface area contributed by atoms with Gasteiger partial charge in [-0.2, -0.15) is 5.10 Å². The number of nitrogens with zero attached hydrogens (tertiary/aromatic N) is 2. The molecule has 1 aromatic carbocycles. The summed E-state index contributed by atoms with van der Waals surface area (Å²) in [5.41, 5.74) is 1.18. The molecule has 0 unspecified atom stereocenters. The zero-order chi connectivity index (χ0) is 12.1. The maximum Gasteiger partial charge on any atom is 0.225 e. The van der Waals surface area contributed by atoms with Crippen LogP contribution in [0, 0.1) is 0 Å². The molecule has 1 amide bonds. The quantitative estimate of drug-likeness (QED) is 0.874. The molecule has 4 nitrogen and oxygen atoms in total. The van der Waals surface area contributed by atoms with Gasteiger partial charge in [0.1, 0.15) is 0 Å². The van der Waals surface area contributed by atoms with Crippen LogP contribution in [0.2, 0.25) is 0 Å². The van der Waals surface area contributed by atoms with Crippen LogP contribution in [0.1, 0.15) is 18.9 Å². The molecule has 0 aliphatic heterocycles. The Morgan fingerprint density at radius 3 is 2.76 bits per heavy atom. The molecule has 0 fully saturated rings. The summed E-state index contributed by atoms with van der Waals surface area (Å²) in [7, 11) is 0. The highest BCUT2D eigenvalue weighted by atomic mass is 16.1. The van der Waals surface area contributed by atoms with Gasteiger partial charge in [0, 0.05) is 18.7 Å². The molecule has 1 N–H and O–H groups in total. The van der Waals surface area contributed by atoms with Gasteiger partial charge in [-0.05, 0) is 5.56 Å². The van der Waals surface area contributed by atoms with E-state index in [1.54, 1.807) is 10.7 Å². The predicted molar refractivity (Wildman–Crippen MR) is 66.7 cm³/mol. The number of amides is 1. The summed E-state index contributed by atoms with van der Waals surface area (Å²) < 4.78 is 1.81. The van der Waals surface area contributed by atoms with Crippen LogP contribution in [-0.4, -0.2) is 15.7 Å². The van der Waals surface area contributed by atoms with E-state index >= 15 is 0 Å². The lowest BCUT2D eigenvalue weighted by molar-refractivity contribution is -0.115. The number of rotatable bonds is 4. The summed E-state index contributed by atoms with van der Waals surface area (Å²) in [6.45, 7) is 2.53. The first-order valence-corrected chi connectivity index (χ1v) is 5.65. The van der Waals surface area contributed by atoms with Crippen LogP contribution in [0.5, 0.6) is 0 Å². The van der Waals surface area contributed by atoms with Crippen LogP contribution in [0.25, 0.3) is 0 Å². The zero-order valence-corrected chi connectivity index (χ0v) is 9.76. The number of carbonyl (C=O) groups is 1. The van der Waals surface area contributed by atoms with Crippen LogP contribution in [0.4, 0.5) is 5.82 Å². The van der Waals surface area contributed by atoms with Crippen LogP contribution in [-0.2, 0) is 11.3 Å². The SMILES string of the molecule is CCC(=O)Nc1ccn(Cc2ccccc2)n1. The van der Waals surface area contributed by atoms with Gasteiger partial charge in [-0.3, -0.25) is 9.48 Å². The van der Waals surface area contributed by atoms with Crippen molar-refractivity contribution in [1.29, 1.82) is 0 Å². The van der Waals surface area contributed by atoms with Crippen molar-refractivity contribution in [3.8, 4) is 0 Å². The average molecular weight is 229 g/mol. The van der Waals surface area contributed by atoms with E-state index in [-0.39, 0.29) is 5.91 Å². The van der Waals surface area contributed by atoms with Crippen molar-refractivity contribution >= 4 is 11.7 Å². The molecule has 88 valence electrons. The van der Waals surface area contributed by atoms with Gasteiger partial charge in [0.15, 0.2) is 5.82 Å². The molecule has 1 aromatic heterocycles. The molecule has 0 saturated carbocycles. The Bertz CT molecular complexity index is 490. The first-order chi connectivity index (χ1) is 8.28. The lowest BCUT2D eigenvalue weighted by Crippen LogP contribution is -2.10. The molecule has 2 rings (SSSR count). The average Bonchev–Trinajstić information content (AvgIpc) is 2.77. The summed E-state index contributed by atoms with van der Waals surface area (Å²) in [6.07, 6.45) is 2.32. The van der Waals surface area contributed by atoms with Crippen molar-refractivity contribution in [2.75, 3.05) is 5.32 Å². The molecule has 0 saturated heterocycles. The maximum atomic E-state index is 11.2. The number of anilines is 1. The van der Waals surface area contributed by atoms with E-state index in [0.29, 0.717) is 18.8 Å². The summed E-state index contributed by atoms with van der Waals surface area (Å²) in [5, 5.41) is 7.01. The molecule has 0 aliphatic rings. The van der Waals surface area contributed by atoms with Crippen LogP contribution in [0.3, 0.4) is 0 Å². The Morgan fingerprint density at radius 1 is 1.29 bits per heavy atom. The number of carbonyl (C=O) groups excluding carboxylic acids is 1. The lowest BCUT2D eigenvalue weighted by atomic mass is 10.2. The van der Waals surface area contributed by atoms with Gasteiger partial charge in [-0.25, -0.2) is 0 Å². The van der Waals surface area contributed by atoms with Crippen molar-refractivity contribution in [3.05, 3.63) is 48.2 Å². The van der Waals surface area contributed by atoms with E-state index in [1.165, 1.54) is 5.56 Å². The van der Waals surface area contributed by atoms with Gasteiger partial charge in [0.2, 0.25) is 5.91 Å². The topological polar surface area (TPSA) is 46.9 Å². The fourth-order valence-electron chi connectivity index (χ4n) is 1.52. The molecule has 0 radical (unpaired) electrons. The largest absolute Gasteiger partial charge is 0.309 e. The van der Waals surface area contributed by atoms with Gasteiger partial charge in [0.05, 0.1) is 6.54 Å². The summed E-state index contributed by atoms with van der Waals surface area (Å²) in [4.78, 5) is 11.2. The Morgan fingerprint density at radius 2 is 2.06 bits per heavy atom. The Balaban J connectivity index is 2.01. The van der Waals surface area contributed by atoms with E-state index in [0.717, 1.165) is 0 Å². The van der Waals surface area contributed by atoms with Crippen molar-refractivity contribution < 1.29 is 4.79 Å². The first kappa shape index (κ1) is 11.4. The fraction of sp³-hybridized carbons (Fsp3) is 0.231. The third-order valence-corrected chi connectivity index (χ3v) is 2.42. The zero-order valence-electron chi connectivity index (χ0n) is 9.76. The normalized spacial score (nSPS) is 10.2. The Labute approximate surface area is 100 Å². The second-order valence-corrected chi connectivity index (χ2v) is 3.79. The monoisotopic (exact) mass is 229 g/mol. The highest BCUT2D eigenvalue weighted by Crippen LogP contribution is 2.06. The van der Waals surface area contributed by atoms with E-state index in [4.69, 9.17) is 0 Å². The predicted octanol–water partition coefficient (Wildman–Crippen LogP) is 2.28. The minimum Gasteiger partial charge on any atom is -0.309 e. The smallest absolute Gasteiger partial charge is 0.225 e. The van der Waals surface area contributed by atoms with E-state index in [9.17, 15) is 4.79 Å². The highest BCUT2D eigenvalue weighted by Gasteiger charge is 2.02. The second-order valence-electron chi connectivity index (χ2n) is 3.79. The van der Waals surface area contributed by atoms with Crippen molar-refractivity contribution in [1.82, 2.24) is 9.78 Å². The van der Waals surface area contributed by atoms with Crippen molar-refractivity contribution in [3.63, 3.8) is 0 Å². The molecule has 4 heteroatoms. The van der Waals surface area contributed by atoms with Gasteiger partial charge in [0.25, 0.3) is 0 Å². The van der Waals surface area contributed by atoms with Gasteiger partial charge in [-0.15, -0.1) is 0 Å². The van der Waals surface area contributed by atoms with Gasteiger partial charge in [-0.1, -0.05) is 37.3 Å². The fourth-order valence-corrected chi connectivity index (χ4v) is 1.52. The number of nitrogens with one attached hydrogen (secondary N) is 1. The van der Waals surface area contributed by atoms with Crippen LogP contribution >= 0.6 is 0 Å². The minimum atomic E-state index is -0.0186. The number of hydrogen-bond donors (Lipinski definition) is 1. The molecular weight excluding hydrogens is 214 g/mol. The summed E-state index contributed by atoms with van der Waals surface area (Å²) >= 11 is 0. The van der Waals surface area contributed by atoms with Crippen LogP contribution < -0.4 is 5.32 Å². The Hall–Kier alpha value is -2.10. The molecular formula is C13H15N3O. The molecule has 0 aliphatic carbocycles. The summed E-state index contributed by atoms with van der Waals surface area (Å²) in [5.74, 6) is 0.586. The van der Waals surface area contributed by atoms with Gasteiger partial charge < -0.3 is 5.32 Å². The number of aromatic nitrogens is 2. The van der Waals surface area contributed by atoms with E-state index in [1.807, 2.05) is 43.5 Å². The van der Waals surface area contributed by atoms with E-state index in [2.05, 4.69) is 10.4 Å². The number of hydrogen-bond acceptors (Lipinski definition) is 2. The Kier molecular flexibility index (Phi) is 3.55. The third kappa shape index (κ3) is 3.17. The van der Waals surface area contributed by atoms with Gasteiger partial charge >= 0.3 is 0 Å². The molecule has 0 bridgehead atoms. The molecule has 2 aromatic rings. The lowest BCUT2D eigenvalue weighted by Gasteiger charge is -2.01. The van der Waals surface area contributed by atoms with E-state index < -0.39 is 0 Å². The maximum absolute atomic E-state index is 11.2. The first-order valence-electron chi connectivity index (χ1n) is 5.65. The van der Waals surface area contributed by atoms with Crippen molar-refractivity contribution in [2.24, 2.45) is 0 Å². The third-order valence-electron chi connectivity index (χ3n) is 2.42. The minimum absolute atomic E-state index is 0.0186. The van der Waals surface area contributed by atoms with Crippen molar-refractivity contribution in [2.45, 2.75) is 19.9 Å². The van der Waals surface area contributed by atoms with Crippen LogP contribution in [0.15, 0.2) is 42.6 Å². The highest BCUT2D eigenvalue weighted by molar-refractivity contribution is 5.89. The molecule has 1 heterocycles. The summed E-state index contributed by atoms with van der Waals surface area (Å²) in [6, 6.07) is 11.9. The molecule has 17 heavy (non-hydrogen) atoms. The molecule has 0 atom stereocenters. The standard InChI is InChI=1S/C13H15N3O/c1-2-13(17)14-12-8-9-16(15-12)10-11-6-4-3-5-7-11/h3-9H,2,10H2,1H3,(H,14,15,17).